The van der Waals surface area contributed by atoms with Gasteiger partial charge in [-0.15, -0.1) is 0 Å². The number of methoxy groups -OCH3 is 1. The molecule has 0 fully saturated rings. The van der Waals surface area contributed by atoms with Crippen LogP contribution in [0.1, 0.15) is 39.5 Å². The first-order chi connectivity index (χ1) is 8.96. The summed E-state index contributed by atoms with van der Waals surface area (Å²) < 4.78 is 4.85. The molecule has 1 unspecified atom stereocenters. The zero-order valence-electron chi connectivity index (χ0n) is 12.2. The number of rotatable bonds is 11. The van der Waals surface area contributed by atoms with Crippen LogP contribution in [0.25, 0.3) is 0 Å². The van der Waals surface area contributed by atoms with Crippen LogP contribution >= 0.6 is 11.8 Å². The molecule has 6 heteroatoms. The predicted octanol–water partition coefficient (Wildman–Crippen LogP) is 1.31. The van der Waals surface area contributed by atoms with Crippen molar-refractivity contribution < 1.29 is 14.3 Å². The first kappa shape index (κ1) is 18.2. The maximum atomic E-state index is 11.8. The highest BCUT2D eigenvalue weighted by atomic mass is 32.2. The van der Waals surface area contributed by atoms with Gasteiger partial charge in [0.05, 0.1) is 12.9 Å². The molecule has 0 aromatic carbocycles. The van der Waals surface area contributed by atoms with Gasteiger partial charge in [0.2, 0.25) is 5.91 Å². The molecule has 0 aromatic heterocycles. The Kier molecular flexibility index (Phi) is 9.69. The normalized spacial score (nSPS) is 13.8. The number of nitrogens with one attached hydrogen (secondary N) is 1. The Labute approximate surface area is 120 Å². The van der Waals surface area contributed by atoms with Crippen molar-refractivity contribution in [3.63, 3.8) is 0 Å². The fourth-order valence-electron chi connectivity index (χ4n) is 1.74. The lowest BCUT2D eigenvalue weighted by atomic mass is 9.95. The van der Waals surface area contributed by atoms with Crippen molar-refractivity contribution in [1.29, 1.82) is 0 Å². The molecule has 0 rings (SSSR count). The third-order valence-corrected chi connectivity index (χ3v) is 3.93. The summed E-state index contributed by atoms with van der Waals surface area (Å²) >= 11 is 1.53. The van der Waals surface area contributed by atoms with E-state index in [0.717, 1.165) is 38.0 Å². The van der Waals surface area contributed by atoms with Gasteiger partial charge in [-0.25, -0.2) is 0 Å². The van der Waals surface area contributed by atoms with Gasteiger partial charge in [-0.3, -0.25) is 9.59 Å². The fourth-order valence-corrected chi connectivity index (χ4v) is 2.50. The zero-order chi connectivity index (χ0) is 14.7. The minimum absolute atomic E-state index is 0.217. The molecule has 19 heavy (non-hydrogen) atoms. The molecule has 0 aromatic rings. The largest absolute Gasteiger partial charge is 0.468 e. The van der Waals surface area contributed by atoms with Crippen molar-refractivity contribution in [2.45, 2.75) is 45.1 Å². The first-order valence-electron chi connectivity index (χ1n) is 6.65. The molecule has 1 amide bonds. The summed E-state index contributed by atoms with van der Waals surface area (Å²) in [6, 6.07) is 0. The molecule has 0 bridgehead atoms. The Bertz CT molecular complexity index is 287. The standard InChI is InChI=1S/C13H26N2O3S/c1-4-8-15-13(2,12(17)18-3)7-5-6-9-19-10-11(14)16/h15H,4-10H2,1-3H3,(H2,14,16). The minimum atomic E-state index is -0.612. The summed E-state index contributed by atoms with van der Waals surface area (Å²) in [6.45, 7) is 4.73. The number of hydrogen-bond donors (Lipinski definition) is 2. The molecule has 0 aliphatic rings. The van der Waals surface area contributed by atoms with Gasteiger partial charge in [-0.2, -0.15) is 11.8 Å². The molecular formula is C13H26N2O3S. The van der Waals surface area contributed by atoms with Crippen LogP contribution < -0.4 is 11.1 Å². The Morgan fingerprint density at radius 1 is 1.37 bits per heavy atom. The molecule has 112 valence electrons. The summed E-state index contributed by atoms with van der Waals surface area (Å²) in [5.74, 6) is 0.746. The van der Waals surface area contributed by atoms with Crippen LogP contribution in [0.5, 0.6) is 0 Å². The van der Waals surface area contributed by atoms with Crippen molar-refractivity contribution in [2.24, 2.45) is 5.73 Å². The van der Waals surface area contributed by atoms with Crippen molar-refractivity contribution in [1.82, 2.24) is 5.32 Å². The van der Waals surface area contributed by atoms with Crippen LogP contribution in [0.4, 0.5) is 0 Å². The van der Waals surface area contributed by atoms with Crippen molar-refractivity contribution in [2.75, 3.05) is 25.2 Å². The Hall–Kier alpha value is -0.750. The first-order valence-corrected chi connectivity index (χ1v) is 7.81. The second kappa shape index (κ2) is 10.1. The smallest absolute Gasteiger partial charge is 0.325 e. The highest BCUT2D eigenvalue weighted by molar-refractivity contribution is 7.99. The van der Waals surface area contributed by atoms with E-state index in [1.165, 1.54) is 18.9 Å². The van der Waals surface area contributed by atoms with Crippen LogP contribution in [0.15, 0.2) is 0 Å². The van der Waals surface area contributed by atoms with Gasteiger partial charge < -0.3 is 15.8 Å². The van der Waals surface area contributed by atoms with Gasteiger partial charge >= 0.3 is 5.97 Å². The Balaban J connectivity index is 3.99. The van der Waals surface area contributed by atoms with Gasteiger partial charge in [0.1, 0.15) is 5.54 Å². The topological polar surface area (TPSA) is 81.4 Å². The van der Waals surface area contributed by atoms with E-state index in [1.54, 1.807) is 0 Å². The number of unbranched alkanes of at least 4 members (excludes halogenated alkanes) is 1. The number of amides is 1. The average molecular weight is 290 g/mol. The lowest BCUT2D eigenvalue weighted by Gasteiger charge is -2.28. The lowest BCUT2D eigenvalue weighted by Crippen LogP contribution is -2.50. The van der Waals surface area contributed by atoms with Gasteiger partial charge in [0.25, 0.3) is 0 Å². The molecule has 5 nitrogen and oxygen atoms in total. The average Bonchev–Trinajstić information content (AvgIpc) is 2.39. The van der Waals surface area contributed by atoms with Crippen LogP contribution in [-0.2, 0) is 14.3 Å². The van der Waals surface area contributed by atoms with E-state index >= 15 is 0 Å². The van der Waals surface area contributed by atoms with E-state index in [1.807, 2.05) is 6.92 Å². The van der Waals surface area contributed by atoms with Crippen LogP contribution in [-0.4, -0.2) is 42.6 Å². The van der Waals surface area contributed by atoms with E-state index in [-0.39, 0.29) is 11.9 Å². The highest BCUT2D eigenvalue weighted by Crippen LogP contribution is 2.17. The third kappa shape index (κ3) is 8.10. The van der Waals surface area contributed by atoms with E-state index in [9.17, 15) is 9.59 Å². The van der Waals surface area contributed by atoms with Crippen LogP contribution in [0, 0.1) is 0 Å². The number of ether oxygens (including phenoxy) is 1. The fraction of sp³-hybridized carbons (Fsp3) is 0.846. The third-order valence-electron chi connectivity index (χ3n) is 2.86. The number of nitrogens with two attached hydrogens (primary N) is 1. The van der Waals surface area contributed by atoms with Gasteiger partial charge in [0, 0.05) is 0 Å². The van der Waals surface area contributed by atoms with Crippen LogP contribution in [0.3, 0.4) is 0 Å². The minimum Gasteiger partial charge on any atom is -0.468 e. The van der Waals surface area contributed by atoms with E-state index in [2.05, 4.69) is 12.2 Å². The van der Waals surface area contributed by atoms with E-state index in [0.29, 0.717) is 5.75 Å². The lowest BCUT2D eigenvalue weighted by molar-refractivity contribution is -0.148. The predicted molar refractivity (Wildman–Crippen MR) is 79.1 cm³/mol. The molecule has 0 aliphatic carbocycles. The van der Waals surface area contributed by atoms with E-state index in [4.69, 9.17) is 10.5 Å². The van der Waals surface area contributed by atoms with Gasteiger partial charge in [0.15, 0.2) is 0 Å². The molecule has 0 spiro atoms. The summed E-state index contributed by atoms with van der Waals surface area (Å²) in [4.78, 5) is 22.4. The number of carbonyl (C=O) groups is 2. The molecule has 0 saturated heterocycles. The summed E-state index contributed by atoms with van der Waals surface area (Å²) in [5, 5.41) is 3.25. The molecular weight excluding hydrogens is 264 g/mol. The number of carbonyl (C=O) groups excluding carboxylic acids is 2. The van der Waals surface area contributed by atoms with Gasteiger partial charge in [-0.1, -0.05) is 13.3 Å². The molecule has 0 heterocycles. The molecule has 0 aliphatic heterocycles. The second-order valence-corrected chi connectivity index (χ2v) is 5.83. The second-order valence-electron chi connectivity index (χ2n) is 4.73. The van der Waals surface area contributed by atoms with Crippen molar-refractivity contribution >= 4 is 23.6 Å². The highest BCUT2D eigenvalue weighted by Gasteiger charge is 2.32. The Morgan fingerprint density at radius 3 is 2.58 bits per heavy atom. The maximum Gasteiger partial charge on any atom is 0.325 e. The van der Waals surface area contributed by atoms with Crippen molar-refractivity contribution in [3.8, 4) is 0 Å². The summed E-state index contributed by atoms with van der Waals surface area (Å²) in [6.07, 6.45) is 3.57. The molecule has 0 saturated carbocycles. The SMILES string of the molecule is CCCNC(C)(CCCCSCC(N)=O)C(=O)OC. The quantitative estimate of drug-likeness (QED) is 0.443. The van der Waals surface area contributed by atoms with Crippen molar-refractivity contribution in [3.05, 3.63) is 0 Å². The van der Waals surface area contributed by atoms with E-state index < -0.39 is 5.54 Å². The number of hydrogen-bond acceptors (Lipinski definition) is 5. The Morgan fingerprint density at radius 2 is 2.05 bits per heavy atom. The van der Waals surface area contributed by atoms with Gasteiger partial charge in [-0.05, 0) is 38.5 Å². The summed E-state index contributed by atoms with van der Waals surface area (Å²) in [7, 11) is 1.41. The molecule has 1 atom stereocenters. The van der Waals surface area contributed by atoms with Crippen LogP contribution in [0.2, 0.25) is 0 Å². The molecule has 0 radical (unpaired) electrons. The zero-order valence-corrected chi connectivity index (χ0v) is 13.0. The molecule has 3 N–H and O–H groups in total. The number of esters is 1. The summed E-state index contributed by atoms with van der Waals surface area (Å²) in [5.41, 5.74) is 4.45. The number of thioether (sulfide) groups is 1. The number of primary amides is 1. The monoisotopic (exact) mass is 290 g/mol. The maximum absolute atomic E-state index is 11.8.